The number of nitrogens with two attached hydrogens (primary N) is 1. The van der Waals surface area contributed by atoms with Gasteiger partial charge in [0, 0.05) is 18.0 Å². The van der Waals surface area contributed by atoms with E-state index in [1.165, 1.54) is 18.2 Å². The highest BCUT2D eigenvalue weighted by Gasteiger charge is 2.16. The van der Waals surface area contributed by atoms with E-state index in [0.29, 0.717) is 18.1 Å². The van der Waals surface area contributed by atoms with E-state index >= 15 is 0 Å². The third-order valence-electron chi connectivity index (χ3n) is 3.36. The molecule has 0 saturated heterocycles. The summed E-state index contributed by atoms with van der Waals surface area (Å²) in [5.74, 6) is 0.859. The number of amidine groups is 1. The molecule has 0 unspecified atom stereocenters. The number of nitrogens with one attached hydrogen (secondary N) is 2. The van der Waals surface area contributed by atoms with Crippen LogP contribution in [0.2, 0.25) is 0 Å². The monoisotopic (exact) mass is 482 g/mol. The van der Waals surface area contributed by atoms with Gasteiger partial charge in [-0.15, -0.1) is 0 Å². The first-order valence-corrected chi connectivity index (χ1v) is 10.5. The summed E-state index contributed by atoms with van der Waals surface area (Å²) in [4.78, 5) is 4.16. The smallest absolute Gasteiger partial charge is 0.202 e. The lowest BCUT2D eigenvalue weighted by Gasteiger charge is -2.05. The van der Waals surface area contributed by atoms with Crippen LogP contribution in [0.3, 0.4) is 0 Å². The number of para-hydroxylation sites is 1. The molecule has 1 aromatic heterocycles. The zero-order valence-corrected chi connectivity index (χ0v) is 17.9. The van der Waals surface area contributed by atoms with Crippen LogP contribution in [0.25, 0.3) is 0 Å². The quantitative estimate of drug-likeness (QED) is 0.136. The van der Waals surface area contributed by atoms with Crippen LogP contribution < -0.4 is 16.5 Å². The molecule has 0 bridgehead atoms. The molecule has 29 heavy (non-hydrogen) atoms. The van der Waals surface area contributed by atoms with Crippen LogP contribution in [-0.2, 0) is 0 Å². The van der Waals surface area contributed by atoms with Gasteiger partial charge in [-0.1, -0.05) is 18.2 Å². The molecule has 1 heterocycles. The lowest BCUT2D eigenvalue weighted by Crippen LogP contribution is -2.22. The fraction of sp³-hybridized carbons (Fsp3) is 0.167. The second kappa shape index (κ2) is 12.0. The SMILES string of the molecule is CSCCNc1nonc1C(=Nc1ccc(F)c(Br)c1)NO.Nc1ccccc1. The van der Waals surface area contributed by atoms with Gasteiger partial charge < -0.3 is 11.1 Å². The molecule has 0 saturated carbocycles. The van der Waals surface area contributed by atoms with Crippen LogP contribution in [0.15, 0.2) is 62.6 Å². The van der Waals surface area contributed by atoms with Gasteiger partial charge in [-0.25, -0.2) is 14.0 Å². The average molecular weight is 483 g/mol. The Balaban J connectivity index is 0.000000360. The Hall–Kier alpha value is -2.63. The second-order valence-electron chi connectivity index (χ2n) is 5.46. The van der Waals surface area contributed by atoms with Crippen molar-refractivity contribution >= 4 is 50.7 Å². The minimum absolute atomic E-state index is 0.0337. The van der Waals surface area contributed by atoms with Crippen molar-refractivity contribution in [1.82, 2.24) is 15.8 Å². The largest absolute Gasteiger partial charge is 0.399 e. The molecule has 8 nitrogen and oxygen atoms in total. The summed E-state index contributed by atoms with van der Waals surface area (Å²) in [7, 11) is 0. The summed E-state index contributed by atoms with van der Waals surface area (Å²) in [6.07, 6.45) is 1.98. The van der Waals surface area contributed by atoms with Crippen molar-refractivity contribution in [2.45, 2.75) is 0 Å². The predicted molar refractivity (Wildman–Crippen MR) is 117 cm³/mol. The molecular weight excluding hydrogens is 463 g/mol. The Morgan fingerprint density at radius 3 is 2.62 bits per heavy atom. The van der Waals surface area contributed by atoms with Crippen molar-refractivity contribution in [3.63, 3.8) is 0 Å². The van der Waals surface area contributed by atoms with Crippen molar-refractivity contribution in [3.05, 3.63) is 64.5 Å². The van der Waals surface area contributed by atoms with Gasteiger partial charge in [-0.3, -0.25) is 10.7 Å². The maximum absolute atomic E-state index is 13.2. The number of hydrogen-bond donors (Lipinski definition) is 4. The van der Waals surface area contributed by atoms with Gasteiger partial charge in [-0.05, 0) is 62.8 Å². The Morgan fingerprint density at radius 2 is 2.03 bits per heavy atom. The first-order chi connectivity index (χ1) is 14.0. The Morgan fingerprint density at radius 1 is 1.28 bits per heavy atom. The van der Waals surface area contributed by atoms with Crippen LogP contribution in [0.5, 0.6) is 0 Å². The number of aromatic nitrogens is 2. The van der Waals surface area contributed by atoms with Gasteiger partial charge in [0.25, 0.3) is 0 Å². The van der Waals surface area contributed by atoms with Gasteiger partial charge in [0.05, 0.1) is 10.2 Å². The highest BCUT2D eigenvalue weighted by Crippen LogP contribution is 2.23. The van der Waals surface area contributed by atoms with E-state index in [1.807, 2.05) is 42.1 Å². The molecule has 2 aromatic carbocycles. The molecule has 3 aromatic rings. The number of aliphatic imine (C=N–C) groups is 1. The highest BCUT2D eigenvalue weighted by atomic mass is 79.9. The summed E-state index contributed by atoms with van der Waals surface area (Å²) >= 11 is 4.75. The fourth-order valence-electron chi connectivity index (χ4n) is 2.00. The highest BCUT2D eigenvalue weighted by molar-refractivity contribution is 9.10. The lowest BCUT2D eigenvalue weighted by atomic mass is 10.3. The molecule has 0 aliphatic rings. The second-order valence-corrected chi connectivity index (χ2v) is 7.30. The fourth-order valence-corrected chi connectivity index (χ4v) is 2.67. The summed E-state index contributed by atoms with van der Waals surface area (Å²) in [5, 5.41) is 19.7. The summed E-state index contributed by atoms with van der Waals surface area (Å²) < 4.78 is 18.2. The van der Waals surface area contributed by atoms with Gasteiger partial charge >= 0.3 is 0 Å². The Kier molecular flexibility index (Phi) is 9.41. The molecule has 0 atom stereocenters. The molecule has 0 aliphatic heterocycles. The maximum atomic E-state index is 13.2. The summed E-state index contributed by atoms with van der Waals surface area (Å²) in [6.45, 7) is 0.656. The van der Waals surface area contributed by atoms with Gasteiger partial charge in [-0.2, -0.15) is 11.8 Å². The Labute approximate surface area is 179 Å². The Bertz CT molecular complexity index is 926. The van der Waals surface area contributed by atoms with Crippen molar-refractivity contribution in [2.75, 3.05) is 29.6 Å². The number of anilines is 2. The normalized spacial score (nSPS) is 10.8. The van der Waals surface area contributed by atoms with E-state index < -0.39 is 5.82 Å². The zero-order chi connectivity index (χ0) is 21.1. The van der Waals surface area contributed by atoms with E-state index in [2.05, 4.69) is 41.2 Å². The lowest BCUT2D eigenvalue weighted by molar-refractivity contribution is 0.234. The molecule has 0 aliphatic carbocycles. The van der Waals surface area contributed by atoms with E-state index in [1.54, 1.807) is 11.8 Å². The topological polar surface area (TPSA) is 122 Å². The van der Waals surface area contributed by atoms with Crippen molar-refractivity contribution < 1.29 is 14.2 Å². The number of hydroxylamine groups is 1. The molecule has 11 heteroatoms. The molecule has 154 valence electrons. The molecule has 0 spiro atoms. The van der Waals surface area contributed by atoms with Crippen molar-refractivity contribution in [3.8, 4) is 0 Å². The van der Waals surface area contributed by atoms with E-state index in [0.717, 1.165) is 11.4 Å². The summed E-state index contributed by atoms with van der Waals surface area (Å²) in [5.41, 5.74) is 8.78. The minimum atomic E-state index is -0.403. The van der Waals surface area contributed by atoms with E-state index in [4.69, 9.17) is 5.73 Å². The van der Waals surface area contributed by atoms with Crippen LogP contribution in [0.4, 0.5) is 21.6 Å². The first-order valence-electron chi connectivity index (χ1n) is 8.35. The molecule has 3 rings (SSSR count). The first kappa shape index (κ1) is 22.7. The molecule has 5 N–H and O–H groups in total. The third kappa shape index (κ3) is 7.37. The van der Waals surface area contributed by atoms with Crippen LogP contribution in [0.1, 0.15) is 5.69 Å². The van der Waals surface area contributed by atoms with Crippen molar-refractivity contribution in [1.29, 1.82) is 0 Å². The number of nitrogen functional groups attached to an aromatic ring is 1. The number of hydrogen-bond acceptors (Lipinski definition) is 8. The maximum Gasteiger partial charge on any atom is 0.202 e. The van der Waals surface area contributed by atoms with Crippen molar-refractivity contribution in [2.24, 2.45) is 4.99 Å². The van der Waals surface area contributed by atoms with E-state index in [-0.39, 0.29) is 16.0 Å². The van der Waals surface area contributed by atoms with Crippen LogP contribution in [0, 0.1) is 5.82 Å². The predicted octanol–water partition coefficient (Wildman–Crippen LogP) is 4.07. The summed E-state index contributed by atoms with van der Waals surface area (Å²) in [6, 6.07) is 13.7. The molecule has 0 radical (unpaired) electrons. The molecular formula is C18H20BrFN6O2S. The third-order valence-corrected chi connectivity index (χ3v) is 4.58. The van der Waals surface area contributed by atoms with Gasteiger partial charge in [0.15, 0.2) is 11.5 Å². The number of thioether (sulfide) groups is 1. The number of rotatable bonds is 6. The molecule has 0 amide bonds. The number of halogens is 2. The number of benzene rings is 2. The van der Waals surface area contributed by atoms with Crippen LogP contribution >= 0.6 is 27.7 Å². The van der Waals surface area contributed by atoms with Gasteiger partial charge in [0.1, 0.15) is 5.82 Å². The molecule has 0 fully saturated rings. The van der Waals surface area contributed by atoms with E-state index in [9.17, 15) is 9.60 Å². The zero-order valence-electron chi connectivity index (χ0n) is 15.5. The standard InChI is InChI=1S/C12H13BrFN5O2S.C6H7N/c1-22-5-4-15-11-10(18-21-19-11)12(17-20)16-7-2-3-9(14)8(13)6-7;7-6-4-2-1-3-5-6/h2-3,6,20H,4-5H2,1H3,(H,15,19)(H,16,17);1-5H,7H2. The number of nitrogens with zero attached hydrogens (tertiary/aromatic N) is 3. The minimum Gasteiger partial charge on any atom is -0.399 e. The van der Waals surface area contributed by atoms with Crippen LogP contribution in [-0.4, -0.2) is 39.9 Å². The van der Waals surface area contributed by atoms with Gasteiger partial charge in [0.2, 0.25) is 5.82 Å². The average Bonchev–Trinajstić information content (AvgIpc) is 3.18.